The van der Waals surface area contributed by atoms with Crippen LogP contribution in [0.25, 0.3) is 0 Å². The summed E-state index contributed by atoms with van der Waals surface area (Å²) >= 11 is 0. The Balaban J connectivity index is 2.65. The Bertz CT molecular complexity index is 382. The van der Waals surface area contributed by atoms with Crippen molar-refractivity contribution in [2.45, 2.75) is 13.0 Å². The summed E-state index contributed by atoms with van der Waals surface area (Å²) in [6, 6.07) is 3.04. The van der Waals surface area contributed by atoms with E-state index in [4.69, 9.17) is 0 Å². The first-order valence-electron chi connectivity index (χ1n) is 4.93. The van der Waals surface area contributed by atoms with Gasteiger partial charge in [-0.1, -0.05) is 6.07 Å². The van der Waals surface area contributed by atoms with E-state index in [-0.39, 0.29) is 18.5 Å². The number of halogens is 2. The molecule has 0 heterocycles. The molecular weight excluding hydrogens is 214 g/mol. The molecule has 2 N–H and O–H groups in total. The van der Waals surface area contributed by atoms with Gasteiger partial charge in [-0.3, -0.25) is 4.79 Å². The molecule has 0 spiro atoms. The lowest BCUT2D eigenvalue weighted by molar-refractivity contribution is -0.119. The first-order valence-corrected chi connectivity index (χ1v) is 4.93. The molecule has 0 aliphatic rings. The van der Waals surface area contributed by atoms with Crippen LogP contribution in [0.15, 0.2) is 18.2 Å². The van der Waals surface area contributed by atoms with Gasteiger partial charge in [-0.2, -0.15) is 0 Å². The zero-order valence-electron chi connectivity index (χ0n) is 9.18. The van der Waals surface area contributed by atoms with E-state index >= 15 is 0 Å². The van der Waals surface area contributed by atoms with E-state index in [2.05, 4.69) is 10.6 Å². The lowest BCUT2D eigenvalue weighted by Gasteiger charge is -2.14. The number of rotatable bonds is 4. The quantitative estimate of drug-likeness (QED) is 0.817. The third kappa shape index (κ3) is 3.27. The van der Waals surface area contributed by atoms with Crippen LogP contribution in [0.3, 0.4) is 0 Å². The van der Waals surface area contributed by atoms with Gasteiger partial charge in [0.25, 0.3) is 0 Å². The number of carbonyl (C=O) groups excluding carboxylic acids is 1. The second-order valence-corrected chi connectivity index (χ2v) is 3.44. The van der Waals surface area contributed by atoms with Crippen LogP contribution in [-0.2, 0) is 4.79 Å². The molecule has 1 unspecified atom stereocenters. The van der Waals surface area contributed by atoms with Gasteiger partial charge in [0.2, 0.25) is 5.91 Å². The number of nitrogens with one attached hydrogen (secondary N) is 2. The van der Waals surface area contributed by atoms with Crippen LogP contribution in [0, 0.1) is 11.6 Å². The van der Waals surface area contributed by atoms with Gasteiger partial charge in [0.15, 0.2) is 0 Å². The highest BCUT2D eigenvalue weighted by Crippen LogP contribution is 2.17. The van der Waals surface area contributed by atoms with Crippen molar-refractivity contribution in [2.75, 3.05) is 13.6 Å². The summed E-state index contributed by atoms with van der Waals surface area (Å²) in [7, 11) is 1.52. The number of hydrogen-bond donors (Lipinski definition) is 2. The highest BCUT2D eigenvalue weighted by molar-refractivity contribution is 5.77. The molecule has 0 saturated heterocycles. The maximum atomic E-state index is 13.3. The second kappa shape index (κ2) is 5.55. The molecule has 0 bridgehead atoms. The van der Waals surface area contributed by atoms with Crippen molar-refractivity contribution < 1.29 is 13.6 Å². The fourth-order valence-corrected chi connectivity index (χ4v) is 1.30. The van der Waals surface area contributed by atoms with E-state index < -0.39 is 11.6 Å². The molecule has 0 aliphatic heterocycles. The zero-order valence-corrected chi connectivity index (χ0v) is 9.18. The summed E-state index contributed by atoms with van der Waals surface area (Å²) in [5.41, 5.74) is 0.338. The van der Waals surface area contributed by atoms with E-state index in [1.807, 2.05) is 0 Å². The highest BCUT2D eigenvalue weighted by Gasteiger charge is 2.11. The lowest BCUT2D eigenvalue weighted by atomic mass is 10.1. The van der Waals surface area contributed by atoms with Crippen molar-refractivity contribution in [3.8, 4) is 0 Å². The second-order valence-electron chi connectivity index (χ2n) is 3.44. The standard InChI is InChI=1S/C11H14F2N2O/c1-7(15-6-11(16)14-2)9-4-3-8(12)5-10(9)13/h3-5,7,15H,6H2,1-2H3,(H,14,16). The van der Waals surface area contributed by atoms with Crippen molar-refractivity contribution >= 4 is 5.91 Å². The number of carbonyl (C=O) groups is 1. The van der Waals surface area contributed by atoms with Crippen LogP contribution in [0.4, 0.5) is 8.78 Å². The molecule has 0 aromatic heterocycles. The molecule has 0 aliphatic carbocycles. The van der Waals surface area contributed by atoms with Crippen LogP contribution in [0.5, 0.6) is 0 Å². The fraction of sp³-hybridized carbons (Fsp3) is 0.364. The smallest absolute Gasteiger partial charge is 0.233 e. The highest BCUT2D eigenvalue weighted by atomic mass is 19.1. The van der Waals surface area contributed by atoms with Crippen molar-refractivity contribution in [2.24, 2.45) is 0 Å². The van der Waals surface area contributed by atoms with Gasteiger partial charge in [-0.15, -0.1) is 0 Å². The SMILES string of the molecule is CNC(=O)CNC(C)c1ccc(F)cc1F. The van der Waals surface area contributed by atoms with E-state index in [0.717, 1.165) is 6.07 Å². The topological polar surface area (TPSA) is 41.1 Å². The Morgan fingerprint density at radius 3 is 2.69 bits per heavy atom. The number of amides is 1. The monoisotopic (exact) mass is 228 g/mol. The van der Waals surface area contributed by atoms with Crippen molar-refractivity contribution in [1.29, 1.82) is 0 Å². The van der Waals surface area contributed by atoms with E-state index in [0.29, 0.717) is 5.56 Å². The van der Waals surface area contributed by atoms with Crippen LogP contribution in [0.1, 0.15) is 18.5 Å². The van der Waals surface area contributed by atoms with Crippen molar-refractivity contribution in [3.63, 3.8) is 0 Å². The molecule has 3 nitrogen and oxygen atoms in total. The average molecular weight is 228 g/mol. The third-order valence-corrected chi connectivity index (χ3v) is 2.28. The van der Waals surface area contributed by atoms with Gasteiger partial charge < -0.3 is 10.6 Å². The molecule has 1 rings (SSSR count). The number of benzene rings is 1. The molecule has 0 saturated carbocycles. The summed E-state index contributed by atoms with van der Waals surface area (Å²) in [6.45, 7) is 1.80. The molecular formula is C11H14F2N2O. The minimum atomic E-state index is -0.614. The maximum Gasteiger partial charge on any atom is 0.233 e. The van der Waals surface area contributed by atoms with Gasteiger partial charge in [0, 0.05) is 24.7 Å². The fourth-order valence-electron chi connectivity index (χ4n) is 1.30. The van der Waals surface area contributed by atoms with E-state index in [9.17, 15) is 13.6 Å². The van der Waals surface area contributed by atoms with Crippen LogP contribution >= 0.6 is 0 Å². The molecule has 5 heteroatoms. The Morgan fingerprint density at radius 1 is 1.44 bits per heavy atom. The van der Waals surface area contributed by atoms with E-state index in [1.165, 1.54) is 19.2 Å². The van der Waals surface area contributed by atoms with Gasteiger partial charge in [0.1, 0.15) is 11.6 Å². The molecule has 1 aromatic rings. The predicted octanol–water partition coefficient (Wildman–Crippen LogP) is 1.36. The first-order chi connectivity index (χ1) is 7.54. The van der Waals surface area contributed by atoms with Gasteiger partial charge in [0.05, 0.1) is 6.54 Å². The molecule has 1 atom stereocenters. The summed E-state index contributed by atoms with van der Waals surface area (Å²) in [4.78, 5) is 11.0. The molecule has 0 fully saturated rings. The summed E-state index contributed by atoms with van der Waals surface area (Å²) < 4.78 is 26.0. The van der Waals surface area contributed by atoms with Crippen LogP contribution in [0.2, 0.25) is 0 Å². The predicted molar refractivity (Wildman–Crippen MR) is 56.8 cm³/mol. The number of hydrogen-bond acceptors (Lipinski definition) is 2. The largest absolute Gasteiger partial charge is 0.358 e. The minimum absolute atomic E-state index is 0.0917. The minimum Gasteiger partial charge on any atom is -0.358 e. The third-order valence-electron chi connectivity index (χ3n) is 2.28. The normalized spacial score (nSPS) is 12.2. The number of likely N-dealkylation sites (N-methyl/N-ethyl adjacent to an activating group) is 1. The summed E-state index contributed by atoms with van der Waals surface area (Å²) in [5, 5.41) is 5.28. The Kier molecular flexibility index (Phi) is 4.37. The maximum absolute atomic E-state index is 13.3. The zero-order chi connectivity index (χ0) is 12.1. The summed E-state index contributed by atoms with van der Waals surface area (Å²) in [5.74, 6) is -1.41. The van der Waals surface area contributed by atoms with Gasteiger partial charge >= 0.3 is 0 Å². The molecule has 1 amide bonds. The lowest BCUT2D eigenvalue weighted by Crippen LogP contribution is -2.33. The summed E-state index contributed by atoms with van der Waals surface area (Å²) in [6.07, 6.45) is 0. The van der Waals surface area contributed by atoms with Crippen LogP contribution in [-0.4, -0.2) is 19.5 Å². The average Bonchev–Trinajstić information content (AvgIpc) is 2.25. The van der Waals surface area contributed by atoms with Crippen molar-refractivity contribution in [3.05, 3.63) is 35.4 Å². The Morgan fingerprint density at radius 2 is 2.12 bits per heavy atom. The van der Waals surface area contributed by atoms with Crippen molar-refractivity contribution in [1.82, 2.24) is 10.6 Å². The van der Waals surface area contributed by atoms with Crippen LogP contribution < -0.4 is 10.6 Å². The Labute approximate surface area is 92.8 Å². The Hall–Kier alpha value is -1.49. The van der Waals surface area contributed by atoms with Gasteiger partial charge in [-0.05, 0) is 13.0 Å². The molecule has 16 heavy (non-hydrogen) atoms. The molecule has 0 radical (unpaired) electrons. The first kappa shape index (κ1) is 12.6. The van der Waals surface area contributed by atoms with E-state index in [1.54, 1.807) is 6.92 Å². The van der Waals surface area contributed by atoms with Gasteiger partial charge in [-0.25, -0.2) is 8.78 Å². The molecule has 88 valence electrons. The molecule has 1 aromatic carbocycles.